The number of unbranched alkanes of at least 4 members (excludes halogenated alkanes) is 3. The Hall–Kier alpha value is -1.78. The lowest BCUT2D eigenvalue weighted by atomic mass is 10.3. The van der Waals surface area contributed by atoms with E-state index >= 15 is 0 Å². The summed E-state index contributed by atoms with van der Waals surface area (Å²) in [5.41, 5.74) is 0. The first-order chi connectivity index (χ1) is 16.2. The highest BCUT2D eigenvalue weighted by atomic mass is 35.5. The molecule has 0 aliphatic carbocycles. The van der Waals surface area contributed by atoms with Crippen molar-refractivity contribution in [3.05, 3.63) is 0 Å². The predicted octanol–water partition coefficient (Wildman–Crippen LogP) is 4.69. The van der Waals surface area contributed by atoms with Crippen LogP contribution in [-0.4, -0.2) is 80.0 Å². The van der Waals surface area contributed by atoms with Gasteiger partial charge in [-0.05, 0) is 37.7 Å². The number of hydrogen-bond donors (Lipinski definition) is 1. The van der Waals surface area contributed by atoms with Gasteiger partial charge in [0.15, 0.2) is 0 Å². The van der Waals surface area contributed by atoms with Crippen LogP contribution in [0, 0.1) is 0 Å². The first-order valence-electron chi connectivity index (χ1n) is 12.1. The lowest BCUT2D eigenvalue weighted by Gasteiger charge is -2.13. The number of hydrogen-bond acceptors (Lipinski definition) is 9. The molecular formula is C23H44Cl2N2O8. The van der Waals surface area contributed by atoms with Crippen LogP contribution in [0.15, 0.2) is 0 Å². The molecule has 2 heterocycles. The van der Waals surface area contributed by atoms with E-state index in [9.17, 15) is 19.2 Å². The average Bonchev–Trinajstić information content (AvgIpc) is 3.45. The zero-order valence-corrected chi connectivity index (χ0v) is 23.5. The van der Waals surface area contributed by atoms with Gasteiger partial charge in [-0.3, -0.25) is 9.59 Å². The highest BCUT2D eigenvalue weighted by Crippen LogP contribution is 2.08. The van der Waals surface area contributed by atoms with Gasteiger partial charge in [-0.15, -0.1) is 12.4 Å². The largest absolute Gasteiger partial charge is 0.509 e. The van der Waals surface area contributed by atoms with Gasteiger partial charge in [0.05, 0.1) is 0 Å². The number of ether oxygens (including phenoxy) is 4. The van der Waals surface area contributed by atoms with Gasteiger partial charge in [0, 0.05) is 6.54 Å². The van der Waals surface area contributed by atoms with Crippen LogP contribution in [0.1, 0.15) is 73.6 Å². The fourth-order valence-electron chi connectivity index (χ4n) is 2.42. The van der Waals surface area contributed by atoms with Crippen molar-refractivity contribution in [2.24, 2.45) is 0 Å². The molecule has 2 aliphatic rings. The summed E-state index contributed by atoms with van der Waals surface area (Å²) in [6.45, 7) is 17.2. The number of cyclic esters (lactones) is 4. The van der Waals surface area contributed by atoms with Crippen molar-refractivity contribution in [3.63, 3.8) is 0 Å². The Morgan fingerprint density at radius 2 is 1.26 bits per heavy atom. The van der Waals surface area contributed by atoms with Gasteiger partial charge < -0.3 is 29.2 Å². The van der Waals surface area contributed by atoms with E-state index in [1.165, 1.54) is 38.9 Å². The van der Waals surface area contributed by atoms with Gasteiger partial charge in [0.25, 0.3) is 11.1 Å². The second-order valence-corrected chi connectivity index (χ2v) is 7.63. The Bertz CT molecular complexity index is 570. The number of carbonyl (C=O) groups is 4. The van der Waals surface area contributed by atoms with E-state index in [1.54, 1.807) is 0 Å². The van der Waals surface area contributed by atoms with Crippen LogP contribution in [0.3, 0.4) is 0 Å². The molecule has 1 amide bonds. The molecule has 2 rings (SSSR count). The van der Waals surface area contributed by atoms with E-state index in [-0.39, 0.29) is 31.5 Å². The Morgan fingerprint density at radius 3 is 1.49 bits per heavy atom. The van der Waals surface area contributed by atoms with Crippen LogP contribution in [0.5, 0.6) is 0 Å². The first kappa shape index (κ1) is 37.8. The molecule has 1 N–H and O–H groups in total. The smallest absolute Gasteiger partial charge is 0.430 e. The fourth-order valence-corrected chi connectivity index (χ4v) is 2.53. The fraction of sp³-hybridized carbons (Fsp3) is 0.826. The third kappa shape index (κ3) is 21.2. The summed E-state index contributed by atoms with van der Waals surface area (Å²) in [5, 5.41) is 1.94. The molecule has 10 nitrogen and oxygen atoms in total. The zero-order valence-electron chi connectivity index (χ0n) is 21.9. The normalized spacial score (nSPS) is 17.4. The first-order valence-corrected chi connectivity index (χ1v) is 12.4. The van der Waals surface area contributed by atoms with Crippen LogP contribution in [0.4, 0.5) is 9.59 Å². The molecular weight excluding hydrogens is 503 g/mol. The van der Waals surface area contributed by atoms with Crippen molar-refractivity contribution in [1.29, 1.82) is 0 Å². The average molecular weight is 548 g/mol. The molecule has 0 saturated carbocycles. The quantitative estimate of drug-likeness (QED) is 0.236. The highest BCUT2D eigenvalue weighted by Gasteiger charge is 2.31. The molecule has 0 radical (unpaired) electrons. The molecule has 12 heteroatoms. The molecule has 2 aliphatic heterocycles. The van der Waals surface area contributed by atoms with E-state index in [1.807, 2.05) is 6.92 Å². The molecule has 2 saturated heterocycles. The second-order valence-electron chi connectivity index (χ2n) is 7.26. The van der Waals surface area contributed by atoms with Crippen LogP contribution in [0.25, 0.3) is 0 Å². The summed E-state index contributed by atoms with van der Waals surface area (Å²) >= 11 is 4.95. The van der Waals surface area contributed by atoms with E-state index in [0.29, 0.717) is 6.54 Å². The van der Waals surface area contributed by atoms with Crippen LogP contribution >= 0.6 is 24.0 Å². The van der Waals surface area contributed by atoms with Crippen molar-refractivity contribution in [1.82, 2.24) is 10.2 Å². The zero-order chi connectivity index (χ0) is 26.4. The Kier molecular flexibility index (Phi) is 27.3. The topological polar surface area (TPSA) is 120 Å². The van der Waals surface area contributed by atoms with Gasteiger partial charge in [-0.25, -0.2) is 9.59 Å². The number of rotatable bonds is 10. The number of halogens is 2. The molecule has 0 bridgehead atoms. The molecule has 2 fully saturated rings. The van der Waals surface area contributed by atoms with Gasteiger partial charge in [0.1, 0.15) is 13.2 Å². The van der Waals surface area contributed by atoms with Gasteiger partial charge in [0.2, 0.25) is 12.2 Å². The van der Waals surface area contributed by atoms with Gasteiger partial charge in [-0.1, -0.05) is 67.2 Å². The van der Waals surface area contributed by atoms with E-state index in [2.05, 4.69) is 63.8 Å². The maximum Gasteiger partial charge on any atom is 0.509 e. The summed E-state index contributed by atoms with van der Waals surface area (Å²) in [4.78, 5) is 44.3. The third-order valence-corrected chi connectivity index (χ3v) is 4.85. The van der Waals surface area contributed by atoms with Crippen molar-refractivity contribution >= 4 is 47.5 Å². The molecule has 208 valence electrons. The number of nitrogens with zero attached hydrogens (tertiary/aromatic N) is 1. The number of nitrogens with one attached hydrogen (secondary N) is 1. The van der Waals surface area contributed by atoms with Crippen molar-refractivity contribution in [2.75, 3.05) is 39.4 Å². The molecule has 0 aromatic heterocycles. The minimum atomic E-state index is -0.904. The lowest BCUT2D eigenvalue weighted by Crippen LogP contribution is -2.36. The third-order valence-electron chi connectivity index (χ3n) is 4.61. The van der Waals surface area contributed by atoms with Crippen molar-refractivity contribution in [3.8, 4) is 0 Å². The van der Waals surface area contributed by atoms with E-state index in [0.717, 1.165) is 12.8 Å². The van der Waals surface area contributed by atoms with Crippen molar-refractivity contribution in [2.45, 2.75) is 85.9 Å². The minimum Gasteiger partial charge on any atom is -0.430 e. The summed E-state index contributed by atoms with van der Waals surface area (Å²) in [7, 11) is 0. The van der Waals surface area contributed by atoms with Crippen LogP contribution in [-0.2, 0) is 28.5 Å². The van der Waals surface area contributed by atoms with Crippen LogP contribution < -0.4 is 5.32 Å². The monoisotopic (exact) mass is 546 g/mol. The number of carbonyl (C=O) groups excluding carboxylic acids is 4. The molecule has 0 spiro atoms. The summed E-state index contributed by atoms with van der Waals surface area (Å²) in [6, 6.07) is 0. The Labute approximate surface area is 221 Å². The Balaban J connectivity index is -0.000000411. The highest BCUT2D eigenvalue weighted by molar-refractivity contribution is 6.64. The van der Waals surface area contributed by atoms with Gasteiger partial charge >= 0.3 is 12.3 Å². The number of amides is 1. The molecule has 0 aromatic rings. The standard InChI is InChI=1S/C8H13NO4.C6H15N.C5H12.C4H3ClO4.ClH/c1-2-3-4-9-7(10)6-5-12-8(11)13-6;1-4-7(5-2)6-3;1-3-5-4-2;5-3(6)2-1-8-4(7)9-2;/h6H,2-5H2,1H3,(H,9,10);4-6H2,1-3H3;3-5H2,1-2H3;2H,1H2;1H. The van der Waals surface area contributed by atoms with E-state index < -0.39 is 29.8 Å². The predicted molar refractivity (Wildman–Crippen MR) is 137 cm³/mol. The molecule has 35 heavy (non-hydrogen) atoms. The molecule has 0 aromatic carbocycles. The Morgan fingerprint density at radius 1 is 0.829 bits per heavy atom. The second kappa shape index (κ2) is 25.3. The summed E-state index contributed by atoms with van der Waals surface area (Å²) in [6.07, 6.45) is 2.75. The van der Waals surface area contributed by atoms with E-state index in [4.69, 9.17) is 11.6 Å². The summed E-state index contributed by atoms with van der Waals surface area (Å²) in [5.74, 6) is -0.278. The minimum absolute atomic E-state index is 0. The summed E-state index contributed by atoms with van der Waals surface area (Å²) < 4.78 is 17.6. The molecule has 2 unspecified atom stereocenters. The maximum absolute atomic E-state index is 11.2. The van der Waals surface area contributed by atoms with Crippen molar-refractivity contribution < 1.29 is 38.1 Å². The SMILES string of the molecule is CCCCC.CCCCNC(=O)C1COC(=O)O1.CCN(CC)CC.Cl.O=C1OCC(C(=O)Cl)O1. The van der Waals surface area contributed by atoms with Crippen LogP contribution in [0.2, 0.25) is 0 Å². The maximum atomic E-state index is 11.2. The van der Waals surface area contributed by atoms with Gasteiger partial charge in [-0.2, -0.15) is 0 Å². The molecule has 2 atom stereocenters. The lowest BCUT2D eigenvalue weighted by molar-refractivity contribution is -0.127.